The average Bonchev–Trinajstić information content (AvgIpc) is 3.64. The van der Waals surface area contributed by atoms with Gasteiger partial charge in [-0.3, -0.25) is 0 Å². The van der Waals surface area contributed by atoms with Gasteiger partial charge in [0.25, 0.3) is 6.71 Å². The van der Waals surface area contributed by atoms with E-state index in [-0.39, 0.29) is 17.5 Å². The maximum atomic E-state index is 11.1. The summed E-state index contributed by atoms with van der Waals surface area (Å²) in [6.07, 6.45) is 8.77. The molecule has 2 aliphatic heterocycles. The Balaban J connectivity index is 1.06. The molecule has 0 bridgehead atoms. The molecule has 3 aliphatic rings. The predicted octanol–water partition coefficient (Wildman–Crippen LogP) is 17.7. The van der Waals surface area contributed by atoms with Crippen molar-refractivity contribution in [3.05, 3.63) is 288 Å². The molecule has 0 fully saturated rings. The third-order valence-corrected chi connectivity index (χ3v) is 17.5. The molecule has 0 spiro atoms. The SMILES string of the molecule is CC(C)(c1ccccc1)c1ccc2c(c1)B1c3cc(C(C)(C)c4ccccc4)ccc3N(c3ccccc3)c3cc(-c4cc(C#N)cc(-c5c6ccccc6c(C6=CC=CCC6)c6ccccc56)c4)cc(c31)N2c1ccccc1. The van der Waals surface area contributed by atoms with E-state index in [0.29, 0.717) is 5.56 Å². The first-order valence-electron chi connectivity index (χ1n) is 27.8. The molecule has 0 aromatic heterocycles. The Morgan fingerprint density at radius 2 is 0.848 bits per heavy atom. The van der Waals surface area contributed by atoms with Gasteiger partial charge in [-0.15, -0.1) is 0 Å². The summed E-state index contributed by atoms with van der Waals surface area (Å²) in [5, 5.41) is 15.9. The van der Waals surface area contributed by atoms with Gasteiger partial charge in [0.1, 0.15) is 0 Å². The molecule has 11 aromatic carbocycles. The van der Waals surface area contributed by atoms with Crippen LogP contribution in [0.3, 0.4) is 0 Å². The minimum atomic E-state index is -0.281. The van der Waals surface area contributed by atoms with Crippen molar-refractivity contribution in [1.29, 1.82) is 5.26 Å². The molecule has 11 aromatic rings. The summed E-state index contributed by atoms with van der Waals surface area (Å²) < 4.78 is 0. The highest BCUT2D eigenvalue weighted by Gasteiger charge is 2.45. The fourth-order valence-electron chi connectivity index (χ4n) is 13.3. The van der Waals surface area contributed by atoms with Gasteiger partial charge in [-0.25, -0.2) is 0 Å². The minimum absolute atomic E-state index is 0.131. The Morgan fingerprint density at radius 1 is 0.418 bits per heavy atom. The molecule has 0 radical (unpaired) electrons. The lowest BCUT2D eigenvalue weighted by Gasteiger charge is -2.45. The average molecular weight is 1010 g/mol. The summed E-state index contributed by atoms with van der Waals surface area (Å²) in [5.74, 6) is 0. The fourth-order valence-corrected chi connectivity index (χ4v) is 13.3. The van der Waals surface area contributed by atoms with Crippen molar-refractivity contribution in [2.45, 2.75) is 51.4 Å². The Labute approximate surface area is 464 Å². The molecule has 376 valence electrons. The number of allylic oxidation sites excluding steroid dienone is 4. The van der Waals surface area contributed by atoms with Crippen LogP contribution in [0.15, 0.2) is 255 Å². The topological polar surface area (TPSA) is 30.3 Å². The number of nitrogens with zero attached hydrogens (tertiary/aromatic N) is 3. The monoisotopic (exact) mass is 1010 g/mol. The van der Waals surface area contributed by atoms with Crippen LogP contribution >= 0.6 is 0 Å². The van der Waals surface area contributed by atoms with Crippen LogP contribution in [0.4, 0.5) is 34.1 Å². The molecule has 2 heterocycles. The van der Waals surface area contributed by atoms with Crippen LogP contribution in [0.5, 0.6) is 0 Å². The molecule has 0 saturated heterocycles. The van der Waals surface area contributed by atoms with E-state index in [0.717, 1.165) is 69.2 Å². The van der Waals surface area contributed by atoms with Crippen molar-refractivity contribution in [3.63, 3.8) is 0 Å². The molecule has 3 nitrogen and oxygen atoms in total. The quantitative estimate of drug-likeness (QED) is 0.107. The van der Waals surface area contributed by atoms with Gasteiger partial charge in [0.05, 0.1) is 11.6 Å². The Bertz CT molecular complexity index is 4100. The number of para-hydroxylation sites is 2. The van der Waals surface area contributed by atoms with E-state index >= 15 is 0 Å². The van der Waals surface area contributed by atoms with E-state index in [1.54, 1.807) is 0 Å². The third-order valence-electron chi connectivity index (χ3n) is 17.5. The van der Waals surface area contributed by atoms with E-state index in [9.17, 15) is 5.26 Å². The van der Waals surface area contributed by atoms with E-state index < -0.39 is 0 Å². The lowest BCUT2D eigenvalue weighted by molar-refractivity contribution is 0.641. The second-order valence-corrected chi connectivity index (χ2v) is 22.6. The number of hydrogen-bond donors (Lipinski definition) is 0. The number of nitriles is 1. The van der Waals surface area contributed by atoms with Gasteiger partial charge in [0, 0.05) is 45.0 Å². The Hall–Kier alpha value is -9.43. The first kappa shape index (κ1) is 48.0. The van der Waals surface area contributed by atoms with E-state index in [1.807, 2.05) is 0 Å². The lowest BCUT2D eigenvalue weighted by Crippen LogP contribution is -2.61. The number of fused-ring (bicyclic) bond motifs is 6. The van der Waals surface area contributed by atoms with Crippen molar-refractivity contribution in [2.75, 3.05) is 9.80 Å². The summed E-state index contributed by atoms with van der Waals surface area (Å²) in [5.41, 5.74) is 22.5. The predicted molar refractivity (Wildman–Crippen MR) is 335 cm³/mol. The summed E-state index contributed by atoms with van der Waals surface area (Å²) >= 11 is 0. The van der Waals surface area contributed by atoms with Crippen LogP contribution in [-0.2, 0) is 10.8 Å². The maximum Gasteiger partial charge on any atom is 0.252 e. The molecular weight excluding hydrogens is 954 g/mol. The van der Waals surface area contributed by atoms with E-state index in [4.69, 9.17) is 0 Å². The van der Waals surface area contributed by atoms with E-state index in [2.05, 4.69) is 298 Å². The summed E-state index contributed by atoms with van der Waals surface area (Å²) in [6, 6.07) is 89.9. The van der Waals surface area contributed by atoms with Gasteiger partial charge in [0.15, 0.2) is 0 Å². The zero-order valence-corrected chi connectivity index (χ0v) is 45.1. The van der Waals surface area contributed by atoms with Crippen LogP contribution in [-0.4, -0.2) is 6.71 Å². The second-order valence-electron chi connectivity index (χ2n) is 22.6. The minimum Gasteiger partial charge on any atom is -0.311 e. The summed E-state index contributed by atoms with van der Waals surface area (Å²) in [6.45, 7) is 9.30. The summed E-state index contributed by atoms with van der Waals surface area (Å²) in [7, 11) is 0. The number of rotatable bonds is 9. The van der Waals surface area contributed by atoms with E-state index in [1.165, 1.54) is 71.3 Å². The highest BCUT2D eigenvalue weighted by molar-refractivity contribution is 7.00. The van der Waals surface area contributed by atoms with Gasteiger partial charge in [-0.05, 0) is 173 Å². The molecular formula is C75H58BN3. The number of anilines is 6. The molecule has 0 amide bonds. The standard InChI is InChI=1S/C75H58BN3/c1-74(2,55-26-12-6-13-27-55)57-38-40-67-65(47-57)76-66-48-58(75(3,4)56-28-14-7-15-29-56)39-41-68(66)79(60-32-18-9-19-33-60)70-46-53(45-69(73(70)76)78(67)59-30-16-8-17-31-59)52-42-50(49-77)43-54(44-52)72-63-36-22-20-34-61(63)71(51-24-10-5-11-25-51)62-35-21-23-37-64(62)72/h5-10,12-24,26-48H,11,25H2,1-4H3. The van der Waals surface area contributed by atoms with Crippen LogP contribution in [0, 0.1) is 11.3 Å². The van der Waals surface area contributed by atoms with Crippen LogP contribution < -0.4 is 26.2 Å². The highest BCUT2D eigenvalue weighted by atomic mass is 15.2. The van der Waals surface area contributed by atoms with Crippen LogP contribution in [0.25, 0.3) is 49.4 Å². The molecule has 4 heteroatoms. The maximum absolute atomic E-state index is 11.1. The van der Waals surface area contributed by atoms with Gasteiger partial charge in [-0.2, -0.15) is 5.26 Å². The molecule has 0 N–H and O–H groups in total. The Morgan fingerprint density at radius 3 is 1.30 bits per heavy atom. The van der Waals surface area contributed by atoms with Crippen molar-refractivity contribution >= 4 is 84.3 Å². The fraction of sp³-hybridized carbons (Fsp3) is 0.107. The van der Waals surface area contributed by atoms with Gasteiger partial charge < -0.3 is 9.80 Å². The molecule has 79 heavy (non-hydrogen) atoms. The highest BCUT2D eigenvalue weighted by Crippen LogP contribution is 2.49. The van der Waals surface area contributed by atoms with Crippen molar-refractivity contribution in [3.8, 4) is 28.3 Å². The molecule has 0 saturated carbocycles. The summed E-state index contributed by atoms with van der Waals surface area (Å²) in [4.78, 5) is 5.01. The van der Waals surface area contributed by atoms with Crippen LogP contribution in [0.1, 0.15) is 73.9 Å². The zero-order valence-electron chi connectivity index (χ0n) is 45.1. The first-order chi connectivity index (χ1) is 38.7. The van der Waals surface area contributed by atoms with Gasteiger partial charge >= 0.3 is 0 Å². The molecule has 1 aliphatic carbocycles. The van der Waals surface area contributed by atoms with Crippen molar-refractivity contribution in [1.82, 2.24) is 0 Å². The largest absolute Gasteiger partial charge is 0.311 e. The van der Waals surface area contributed by atoms with Crippen LogP contribution in [0.2, 0.25) is 0 Å². The molecule has 14 rings (SSSR count). The van der Waals surface area contributed by atoms with Gasteiger partial charge in [0.2, 0.25) is 0 Å². The number of hydrogen-bond acceptors (Lipinski definition) is 3. The Kier molecular flexibility index (Phi) is 11.5. The molecule has 0 atom stereocenters. The normalized spacial score (nSPS) is 13.7. The van der Waals surface area contributed by atoms with Crippen molar-refractivity contribution in [2.24, 2.45) is 0 Å². The van der Waals surface area contributed by atoms with Gasteiger partial charge in [-0.1, -0.05) is 216 Å². The smallest absolute Gasteiger partial charge is 0.252 e. The first-order valence-corrected chi connectivity index (χ1v) is 27.8. The zero-order chi connectivity index (χ0) is 53.4. The lowest BCUT2D eigenvalue weighted by atomic mass is 9.33. The van der Waals surface area contributed by atoms with Crippen molar-refractivity contribution < 1.29 is 0 Å². The molecule has 0 unspecified atom stereocenters. The second kappa shape index (κ2) is 18.9. The number of benzene rings is 11. The third kappa shape index (κ3) is 7.87.